The Hall–Kier alpha value is -3.91. The summed E-state index contributed by atoms with van der Waals surface area (Å²) in [5.74, 6) is 0.495. The molecule has 0 spiro atoms. The number of para-hydroxylation sites is 1. The number of carboxylic acids is 1. The van der Waals surface area contributed by atoms with Gasteiger partial charge < -0.3 is 29.0 Å². The van der Waals surface area contributed by atoms with Gasteiger partial charge in [0.1, 0.15) is 34.4 Å². The molecule has 1 aliphatic heterocycles. The van der Waals surface area contributed by atoms with Crippen molar-refractivity contribution in [2.75, 3.05) is 32.3 Å². The van der Waals surface area contributed by atoms with Gasteiger partial charge in [-0.1, -0.05) is 23.7 Å². The Morgan fingerprint density at radius 2 is 1.78 bits per heavy atom. The molecule has 1 aliphatic rings. The van der Waals surface area contributed by atoms with Gasteiger partial charge in [-0.2, -0.15) is 0 Å². The predicted octanol–water partition coefficient (Wildman–Crippen LogP) is 5.77. The Morgan fingerprint density at radius 1 is 1.06 bits per heavy atom. The van der Waals surface area contributed by atoms with Crippen molar-refractivity contribution in [1.29, 1.82) is 0 Å². The summed E-state index contributed by atoms with van der Waals surface area (Å²) in [7, 11) is 3.07. The number of carboxylic acid groups (broad SMARTS) is 1. The van der Waals surface area contributed by atoms with Crippen molar-refractivity contribution in [2.45, 2.75) is 19.3 Å². The molecule has 0 aliphatic carbocycles. The molecule has 0 bridgehead atoms. The third kappa shape index (κ3) is 4.90. The molecule has 1 atom stereocenters. The van der Waals surface area contributed by atoms with Gasteiger partial charge in [0.15, 0.2) is 0 Å². The topological polar surface area (TPSA) is 94.5 Å². The fourth-order valence-corrected chi connectivity index (χ4v) is 4.41. The maximum absolute atomic E-state index is 13.4. The molecular weight excluding hydrogens is 486 g/mol. The number of halogens is 1. The number of anilines is 1. The third-order valence-corrected chi connectivity index (χ3v) is 6.26. The number of carbonyl (C=O) groups excluding carboxylic acids is 1. The summed E-state index contributed by atoms with van der Waals surface area (Å²) in [6, 6.07) is 15.1. The summed E-state index contributed by atoms with van der Waals surface area (Å²) in [4.78, 5) is 26.5. The van der Waals surface area contributed by atoms with E-state index >= 15 is 0 Å². The lowest BCUT2D eigenvalue weighted by molar-refractivity contribution is -0.139. The number of hydrogen-bond donors (Lipinski definition) is 1. The zero-order valence-electron chi connectivity index (χ0n) is 20.1. The number of aliphatic carboxylic acids is 1. The number of fused-ring (bicyclic) bond motifs is 1. The lowest BCUT2D eigenvalue weighted by Gasteiger charge is -2.25. The van der Waals surface area contributed by atoms with E-state index in [1.807, 2.05) is 6.92 Å². The summed E-state index contributed by atoms with van der Waals surface area (Å²) >= 11 is 6.49. The van der Waals surface area contributed by atoms with Crippen LogP contribution < -0.4 is 23.8 Å². The molecule has 4 rings (SSSR count). The van der Waals surface area contributed by atoms with E-state index in [-0.39, 0.29) is 10.9 Å². The highest BCUT2D eigenvalue weighted by atomic mass is 35.5. The highest BCUT2D eigenvalue weighted by Crippen LogP contribution is 2.40. The van der Waals surface area contributed by atoms with Crippen molar-refractivity contribution in [1.82, 2.24) is 0 Å². The van der Waals surface area contributed by atoms with Gasteiger partial charge in [-0.25, -0.2) is 0 Å². The number of amides is 1. The van der Waals surface area contributed by atoms with Gasteiger partial charge in [-0.05, 0) is 49.7 Å². The normalized spacial score (nSPS) is 14.3. The highest BCUT2D eigenvalue weighted by Gasteiger charge is 2.28. The standard InChI is InChI=1S/C27H26ClNO7/c1-4-29(25-22(33-2)6-5-7-23(25)34-3)26(30)16-8-11-21(20(28)14-16)36-17-9-10-18-19(27(31)32)12-13-35-24(18)15-17/h5-11,14-15,19H,4,12-13H2,1-3H3,(H,31,32). The SMILES string of the molecule is CCN(C(=O)c1ccc(Oc2ccc3c(c2)OCCC3C(=O)O)c(Cl)c1)c1c(OC)cccc1OC. The van der Waals surface area contributed by atoms with E-state index in [0.717, 1.165) is 0 Å². The first-order chi connectivity index (χ1) is 17.4. The molecule has 0 fully saturated rings. The number of benzene rings is 3. The zero-order chi connectivity index (χ0) is 25.8. The Kier molecular flexibility index (Phi) is 7.55. The number of carbonyl (C=O) groups is 2. The third-order valence-electron chi connectivity index (χ3n) is 5.96. The minimum Gasteiger partial charge on any atom is -0.494 e. The van der Waals surface area contributed by atoms with E-state index in [2.05, 4.69) is 0 Å². The van der Waals surface area contributed by atoms with Crippen LogP contribution in [0.25, 0.3) is 0 Å². The van der Waals surface area contributed by atoms with Gasteiger partial charge in [-0.15, -0.1) is 0 Å². The summed E-state index contributed by atoms with van der Waals surface area (Å²) in [5.41, 5.74) is 1.50. The highest BCUT2D eigenvalue weighted by molar-refractivity contribution is 6.32. The average Bonchev–Trinajstić information content (AvgIpc) is 2.89. The summed E-state index contributed by atoms with van der Waals surface area (Å²) in [5, 5.41) is 9.68. The quantitative estimate of drug-likeness (QED) is 0.410. The van der Waals surface area contributed by atoms with E-state index < -0.39 is 11.9 Å². The first kappa shape index (κ1) is 25.2. The van der Waals surface area contributed by atoms with Crippen molar-refractivity contribution in [2.24, 2.45) is 0 Å². The first-order valence-corrected chi connectivity index (χ1v) is 11.8. The van der Waals surface area contributed by atoms with Crippen LogP contribution in [0.2, 0.25) is 5.02 Å². The molecule has 3 aromatic carbocycles. The molecule has 1 amide bonds. The minimum atomic E-state index is -0.886. The van der Waals surface area contributed by atoms with Gasteiger partial charge in [-0.3, -0.25) is 9.59 Å². The van der Waals surface area contributed by atoms with Crippen LogP contribution in [0, 0.1) is 0 Å². The molecular formula is C27H26ClNO7. The Morgan fingerprint density at radius 3 is 2.39 bits per heavy atom. The fraction of sp³-hybridized carbons (Fsp3) is 0.259. The predicted molar refractivity (Wildman–Crippen MR) is 135 cm³/mol. The van der Waals surface area contributed by atoms with Crippen LogP contribution in [0.5, 0.6) is 28.7 Å². The van der Waals surface area contributed by atoms with Gasteiger partial charge in [0.25, 0.3) is 5.91 Å². The van der Waals surface area contributed by atoms with Gasteiger partial charge >= 0.3 is 5.97 Å². The molecule has 1 heterocycles. The largest absolute Gasteiger partial charge is 0.494 e. The van der Waals surface area contributed by atoms with Crippen LogP contribution in [-0.2, 0) is 4.79 Å². The summed E-state index contributed by atoms with van der Waals surface area (Å²) < 4.78 is 22.5. The lowest BCUT2D eigenvalue weighted by atomic mass is 9.93. The second-order valence-corrected chi connectivity index (χ2v) is 8.44. The molecule has 0 aromatic heterocycles. The number of hydrogen-bond acceptors (Lipinski definition) is 6. The average molecular weight is 512 g/mol. The molecule has 1 unspecified atom stereocenters. The number of methoxy groups -OCH3 is 2. The first-order valence-electron chi connectivity index (χ1n) is 11.4. The second-order valence-electron chi connectivity index (χ2n) is 8.04. The molecule has 9 heteroatoms. The van der Waals surface area contributed by atoms with Crippen molar-refractivity contribution in [3.8, 4) is 28.7 Å². The van der Waals surface area contributed by atoms with Crippen LogP contribution in [0.1, 0.15) is 35.2 Å². The van der Waals surface area contributed by atoms with Crippen LogP contribution in [0.4, 0.5) is 5.69 Å². The fourth-order valence-electron chi connectivity index (χ4n) is 4.19. The maximum atomic E-state index is 13.4. The molecule has 1 N–H and O–H groups in total. The van der Waals surface area contributed by atoms with Crippen molar-refractivity contribution >= 4 is 29.2 Å². The summed E-state index contributed by atoms with van der Waals surface area (Å²) in [6.45, 7) is 2.55. The summed E-state index contributed by atoms with van der Waals surface area (Å²) in [6.07, 6.45) is 0.416. The molecule has 0 saturated carbocycles. The Labute approximate surface area is 213 Å². The maximum Gasteiger partial charge on any atom is 0.311 e. The van der Waals surface area contributed by atoms with Crippen molar-refractivity contribution in [3.05, 3.63) is 70.7 Å². The zero-order valence-corrected chi connectivity index (χ0v) is 20.9. The van der Waals surface area contributed by atoms with Crippen LogP contribution >= 0.6 is 11.6 Å². The number of ether oxygens (including phenoxy) is 4. The van der Waals surface area contributed by atoms with E-state index in [9.17, 15) is 14.7 Å². The number of rotatable bonds is 8. The van der Waals surface area contributed by atoms with Gasteiger partial charge in [0, 0.05) is 23.7 Å². The Balaban J connectivity index is 1.58. The van der Waals surface area contributed by atoms with Crippen molar-refractivity contribution in [3.63, 3.8) is 0 Å². The van der Waals surface area contributed by atoms with Crippen molar-refractivity contribution < 1.29 is 33.6 Å². The van der Waals surface area contributed by atoms with E-state index in [4.69, 9.17) is 30.5 Å². The monoisotopic (exact) mass is 511 g/mol. The smallest absolute Gasteiger partial charge is 0.311 e. The van der Waals surface area contributed by atoms with E-state index in [0.29, 0.717) is 65.1 Å². The van der Waals surface area contributed by atoms with Gasteiger partial charge in [0.05, 0.1) is 31.8 Å². The molecule has 188 valence electrons. The molecule has 36 heavy (non-hydrogen) atoms. The minimum absolute atomic E-state index is 0.242. The molecule has 0 radical (unpaired) electrons. The molecule has 3 aromatic rings. The van der Waals surface area contributed by atoms with E-state index in [1.165, 1.54) is 14.2 Å². The molecule has 8 nitrogen and oxygen atoms in total. The van der Waals surface area contributed by atoms with Gasteiger partial charge in [0.2, 0.25) is 0 Å². The van der Waals surface area contributed by atoms with Crippen LogP contribution in [-0.4, -0.2) is 44.4 Å². The van der Waals surface area contributed by atoms with E-state index in [1.54, 1.807) is 59.5 Å². The lowest BCUT2D eigenvalue weighted by Crippen LogP contribution is -2.31. The number of nitrogens with zero attached hydrogens (tertiary/aromatic N) is 1. The van der Waals surface area contributed by atoms with Crippen LogP contribution in [0.3, 0.4) is 0 Å². The van der Waals surface area contributed by atoms with Crippen LogP contribution in [0.15, 0.2) is 54.6 Å². The molecule has 0 saturated heterocycles. The Bertz CT molecular complexity index is 1270. The second kappa shape index (κ2) is 10.8.